The monoisotopic (exact) mass is 582 g/mol. The van der Waals surface area contributed by atoms with Crippen molar-refractivity contribution in [1.82, 2.24) is 14.8 Å². The van der Waals surface area contributed by atoms with Crippen molar-refractivity contribution in [2.45, 2.75) is 25.5 Å². The van der Waals surface area contributed by atoms with Crippen LogP contribution < -0.4 is 5.32 Å². The Morgan fingerprint density at radius 3 is 2.49 bits per heavy atom. The lowest BCUT2D eigenvalue weighted by atomic mass is 10.0. The molecule has 12 heteroatoms. The molecule has 3 aromatic heterocycles. The van der Waals surface area contributed by atoms with E-state index < -0.39 is 11.9 Å². The summed E-state index contributed by atoms with van der Waals surface area (Å²) in [6.07, 6.45) is 1.75. The van der Waals surface area contributed by atoms with E-state index in [1.165, 1.54) is 26.0 Å². The van der Waals surface area contributed by atoms with Crippen LogP contribution in [-0.4, -0.2) is 52.6 Å². The minimum atomic E-state index is -0.655. The maximum Gasteiger partial charge on any atom is 0.348 e. The molecule has 9 nitrogen and oxygen atoms in total. The lowest BCUT2D eigenvalue weighted by Crippen LogP contribution is -2.16. The number of aromatic nitrogens is 3. The third-order valence-electron chi connectivity index (χ3n) is 5.80. The van der Waals surface area contributed by atoms with E-state index in [9.17, 15) is 14.4 Å². The van der Waals surface area contributed by atoms with E-state index >= 15 is 0 Å². The first kappa shape index (κ1) is 28.3. The number of rotatable bonds is 10. The summed E-state index contributed by atoms with van der Waals surface area (Å²) in [5, 5.41) is 14.4. The Labute approximate surface area is 237 Å². The lowest BCUT2D eigenvalue weighted by Gasteiger charge is -2.10. The molecule has 0 aliphatic rings. The molecule has 0 saturated carbocycles. The highest BCUT2D eigenvalue weighted by molar-refractivity contribution is 7.99. The van der Waals surface area contributed by atoms with Crippen LogP contribution in [0.4, 0.5) is 5.00 Å². The molecule has 0 unspecified atom stereocenters. The fraction of sp³-hybridized carbons (Fsp3) is 0.222. The summed E-state index contributed by atoms with van der Waals surface area (Å²) in [4.78, 5) is 38.8. The zero-order chi connectivity index (χ0) is 28.1. The zero-order valence-electron chi connectivity index (χ0n) is 21.8. The predicted octanol–water partition coefficient (Wildman–Crippen LogP) is 5.84. The van der Waals surface area contributed by atoms with Gasteiger partial charge in [0.1, 0.15) is 9.88 Å². The SMILES string of the molecule is C=CCn1c(SCC(=O)Nc2sc(C(=O)OC)c(C)c2C(=O)OC)nnc1-c1csc(C)c1-c1ccccc1. The summed E-state index contributed by atoms with van der Waals surface area (Å²) in [5.41, 5.74) is 3.66. The number of carbonyl (C=O) groups is 3. The summed E-state index contributed by atoms with van der Waals surface area (Å²) < 4.78 is 11.6. The zero-order valence-corrected chi connectivity index (χ0v) is 24.2. The molecule has 0 spiro atoms. The highest BCUT2D eigenvalue weighted by Gasteiger charge is 2.27. The Balaban J connectivity index is 1.58. The molecule has 1 N–H and O–H groups in total. The first-order chi connectivity index (χ1) is 18.8. The molecule has 0 aliphatic heterocycles. The largest absolute Gasteiger partial charge is 0.465 e. The Hall–Kier alpha value is -3.74. The molecular formula is C27H26N4O5S3. The highest BCUT2D eigenvalue weighted by atomic mass is 32.2. The Morgan fingerprint density at radius 1 is 1.10 bits per heavy atom. The molecule has 1 amide bonds. The van der Waals surface area contributed by atoms with Crippen molar-refractivity contribution in [1.29, 1.82) is 0 Å². The van der Waals surface area contributed by atoms with Crippen LogP contribution in [0.1, 0.15) is 30.5 Å². The molecule has 0 saturated heterocycles. The average molecular weight is 583 g/mol. The number of benzene rings is 1. The number of aryl methyl sites for hydroxylation is 1. The number of allylic oxidation sites excluding steroid dienone is 1. The van der Waals surface area contributed by atoms with Gasteiger partial charge in [0.2, 0.25) is 5.91 Å². The van der Waals surface area contributed by atoms with Crippen molar-refractivity contribution >= 4 is 57.3 Å². The smallest absolute Gasteiger partial charge is 0.348 e. The third kappa shape index (κ3) is 5.82. The average Bonchev–Trinajstić information content (AvgIpc) is 3.62. The fourth-order valence-electron chi connectivity index (χ4n) is 4.00. The first-order valence-electron chi connectivity index (χ1n) is 11.7. The number of esters is 2. The van der Waals surface area contributed by atoms with Crippen LogP contribution in [0.5, 0.6) is 0 Å². The Bertz CT molecular complexity index is 1540. The van der Waals surface area contributed by atoms with E-state index in [0.29, 0.717) is 23.1 Å². The van der Waals surface area contributed by atoms with Gasteiger partial charge < -0.3 is 14.8 Å². The van der Waals surface area contributed by atoms with Crippen LogP contribution in [-0.2, 0) is 20.8 Å². The minimum Gasteiger partial charge on any atom is -0.465 e. The number of amides is 1. The number of hydrogen-bond donors (Lipinski definition) is 1. The topological polar surface area (TPSA) is 112 Å². The number of ether oxygens (including phenoxy) is 2. The van der Waals surface area contributed by atoms with Gasteiger partial charge in [0.25, 0.3) is 0 Å². The summed E-state index contributed by atoms with van der Waals surface area (Å²) in [6.45, 7) is 8.01. The van der Waals surface area contributed by atoms with Gasteiger partial charge in [0, 0.05) is 27.9 Å². The molecular weight excluding hydrogens is 557 g/mol. The number of hydrogen-bond acceptors (Lipinski definition) is 10. The number of anilines is 1. The van der Waals surface area contributed by atoms with Crippen LogP contribution in [0.3, 0.4) is 0 Å². The van der Waals surface area contributed by atoms with Crippen molar-refractivity contribution in [3.05, 3.63) is 69.2 Å². The van der Waals surface area contributed by atoms with Gasteiger partial charge in [0.05, 0.1) is 25.5 Å². The van der Waals surface area contributed by atoms with Gasteiger partial charge in [-0.1, -0.05) is 48.2 Å². The maximum absolute atomic E-state index is 12.9. The van der Waals surface area contributed by atoms with Gasteiger partial charge in [-0.2, -0.15) is 0 Å². The molecule has 4 aromatic rings. The number of carbonyl (C=O) groups excluding carboxylic acids is 3. The van der Waals surface area contributed by atoms with Gasteiger partial charge in [-0.15, -0.1) is 39.4 Å². The second-order valence-corrected chi connectivity index (χ2v) is 11.3. The number of thiophene rings is 2. The standard InChI is InChI=1S/C27H26N4O5S3/c1-6-12-31-23(18-13-37-16(3)21(18)17-10-8-7-9-11-17)29-30-27(31)38-14-19(32)28-24-20(25(33)35-4)15(2)22(39-24)26(34)36-5/h6-11,13H,1,12,14H2,2-5H3,(H,28,32). The van der Waals surface area contributed by atoms with E-state index in [1.807, 2.05) is 22.8 Å². The number of methoxy groups -OCH3 is 2. The fourth-order valence-corrected chi connectivity index (χ4v) is 6.74. The van der Waals surface area contributed by atoms with Crippen LogP contribution in [0.25, 0.3) is 22.5 Å². The molecule has 39 heavy (non-hydrogen) atoms. The van der Waals surface area contributed by atoms with E-state index in [1.54, 1.807) is 24.3 Å². The van der Waals surface area contributed by atoms with E-state index in [-0.39, 0.29) is 27.1 Å². The molecule has 3 heterocycles. The highest BCUT2D eigenvalue weighted by Crippen LogP contribution is 2.39. The van der Waals surface area contributed by atoms with Crippen molar-refractivity contribution in [2.75, 3.05) is 25.3 Å². The second kappa shape index (κ2) is 12.4. The maximum atomic E-state index is 12.9. The molecule has 0 bridgehead atoms. The lowest BCUT2D eigenvalue weighted by molar-refractivity contribution is -0.113. The van der Waals surface area contributed by atoms with Crippen LogP contribution in [0.2, 0.25) is 0 Å². The molecule has 1 aromatic carbocycles. The first-order valence-corrected chi connectivity index (χ1v) is 14.4. The molecule has 0 radical (unpaired) electrons. The van der Waals surface area contributed by atoms with Gasteiger partial charge >= 0.3 is 11.9 Å². The normalized spacial score (nSPS) is 10.8. The van der Waals surface area contributed by atoms with Gasteiger partial charge in [-0.25, -0.2) is 9.59 Å². The number of thioether (sulfide) groups is 1. The summed E-state index contributed by atoms with van der Waals surface area (Å²) >= 11 is 3.82. The van der Waals surface area contributed by atoms with Crippen molar-refractivity contribution in [2.24, 2.45) is 0 Å². The molecule has 0 atom stereocenters. The van der Waals surface area contributed by atoms with Crippen LogP contribution in [0, 0.1) is 13.8 Å². The molecule has 202 valence electrons. The number of nitrogens with zero attached hydrogens (tertiary/aromatic N) is 3. The minimum absolute atomic E-state index is 0.00536. The summed E-state index contributed by atoms with van der Waals surface area (Å²) in [7, 11) is 2.49. The quantitative estimate of drug-likeness (QED) is 0.141. The Morgan fingerprint density at radius 2 is 1.82 bits per heavy atom. The van der Waals surface area contributed by atoms with E-state index in [4.69, 9.17) is 9.47 Å². The van der Waals surface area contributed by atoms with Crippen molar-refractivity contribution < 1.29 is 23.9 Å². The molecule has 0 fully saturated rings. The van der Waals surface area contributed by atoms with Crippen LogP contribution in [0.15, 0.2) is 53.5 Å². The van der Waals surface area contributed by atoms with E-state index in [2.05, 4.69) is 46.5 Å². The second-order valence-electron chi connectivity index (χ2n) is 8.23. The van der Waals surface area contributed by atoms with E-state index in [0.717, 1.165) is 32.9 Å². The summed E-state index contributed by atoms with van der Waals surface area (Å²) in [6, 6.07) is 10.1. The molecule has 0 aliphatic carbocycles. The molecule has 4 rings (SSSR count). The Kier molecular flexibility index (Phi) is 9.00. The van der Waals surface area contributed by atoms with Crippen molar-refractivity contribution in [3.8, 4) is 22.5 Å². The van der Waals surface area contributed by atoms with Gasteiger partial charge in [-0.3, -0.25) is 9.36 Å². The third-order valence-corrected chi connectivity index (χ3v) is 8.86. The van der Waals surface area contributed by atoms with Gasteiger partial charge in [0.15, 0.2) is 11.0 Å². The van der Waals surface area contributed by atoms with Crippen molar-refractivity contribution in [3.63, 3.8) is 0 Å². The number of nitrogens with one attached hydrogen (secondary N) is 1. The summed E-state index contributed by atoms with van der Waals surface area (Å²) in [5.74, 6) is -0.952. The van der Waals surface area contributed by atoms with Gasteiger partial charge in [-0.05, 0) is 25.0 Å². The van der Waals surface area contributed by atoms with Crippen LogP contribution >= 0.6 is 34.4 Å². The predicted molar refractivity (Wildman–Crippen MR) is 155 cm³/mol.